The number of benzene rings is 1. The summed E-state index contributed by atoms with van der Waals surface area (Å²) < 4.78 is 14.2. The average molecular weight is 264 g/mol. The summed E-state index contributed by atoms with van der Waals surface area (Å²) in [6, 6.07) is 4.87. The number of thiazole rings is 1. The molecule has 2 heterocycles. The molecule has 1 unspecified atom stereocenters. The average Bonchev–Trinajstić information content (AvgIpc) is 2.95. The maximum atomic E-state index is 13.2. The van der Waals surface area contributed by atoms with Gasteiger partial charge in [0.1, 0.15) is 10.8 Å². The van der Waals surface area contributed by atoms with Gasteiger partial charge < -0.3 is 5.32 Å². The highest BCUT2D eigenvalue weighted by Crippen LogP contribution is 2.39. The zero-order valence-electron chi connectivity index (χ0n) is 10.5. The van der Waals surface area contributed by atoms with E-state index >= 15 is 0 Å². The van der Waals surface area contributed by atoms with Crippen molar-refractivity contribution in [1.29, 1.82) is 0 Å². The van der Waals surface area contributed by atoms with E-state index in [4.69, 9.17) is 4.98 Å². The molecule has 1 saturated heterocycles. The minimum Gasteiger partial charge on any atom is -0.316 e. The van der Waals surface area contributed by atoms with Crippen LogP contribution in [0, 0.1) is 5.82 Å². The minimum atomic E-state index is -0.174. The third-order valence-corrected chi connectivity index (χ3v) is 5.04. The maximum absolute atomic E-state index is 13.2. The fraction of sp³-hybridized carbons (Fsp3) is 0.500. The van der Waals surface area contributed by atoms with Crippen molar-refractivity contribution in [2.45, 2.75) is 31.6 Å². The maximum Gasteiger partial charge on any atom is 0.124 e. The molecule has 0 radical (unpaired) electrons. The Morgan fingerprint density at radius 1 is 1.50 bits per heavy atom. The molecule has 1 N–H and O–H groups in total. The molecule has 0 aliphatic carbocycles. The van der Waals surface area contributed by atoms with E-state index in [0.717, 1.165) is 42.6 Å². The molecule has 1 aromatic carbocycles. The van der Waals surface area contributed by atoms with E-state index in [1.807, 2.05) is 0 Å². The van der Waals surface area contributed by atoms with Crippen LogP contribution in [-0.4, -0.2) is 18.1 Å². The Bertz CT molecular complexity index is 558. The normalized spacial score (nSPS) is 23.9. The lowest BCUT2D eigenvalue weighted by atomic mass is 9.83. The monoisotopic (exact) mass is 264 g/mol. The Balaban J connectivity index is 2.06. The van der Waals surface area contributed by atoms with Crippen LogP contribution in [0.1, 0.15) is 31.2 Å². The Kier molecular flexibility index (Phi) is 3.08. The zero-order chi connectivity index (χ0) is 12.6. The van der Waals surface area contributed by atoms with Crippen LogP contribution in [0.2, 0.25) is 0 Å². The number of hydrogen-bond donors (Lipinski definition) is 1. The van der Waals surface area contributed by atoms with Crippen LogP contribution in [0.5, 0.6) is 0 Å². The molecule has 1 aliphatic rings. The second-order valence-corrected chi connectivity index (χ2v) is 6.12. The number of rotatable bonds is 3. The summed E-state index contributed by atoms with van der Waals surface area (Å²) in [5, 5.41) is 4.62. The lowest BCUT2D eigenvalue weighted by Gasteiger charge is -2.24. The Hall–Kier alpha value is -1.00. The van der Waals surface area contributed by atoms with Crippen LogP contribution in [0.25, 0.3) is 10.2 Å². The van der Waals surface area contributed by atoms with E-state index in [9.17, 15) is 4.39 Å². The molecule has 0 bridgehead atoms. The van der Waals surface area contributed by atoms with Gasteiger partial charge >= 0.3 is 0 Å². The number of nitrogens with zero attached hydrogens (tertiary/aromatic N) is 1. The molecule has 0 amide bonds. The van der Waals surface area contributed by atoms with Crippen LogP contribution >= 0.6 is 11.3 Å². The first-order valence-corrected chi connectivity index (χ1v) is 7.32. The van der Waals surface area contributed by atoms with Gasteiger partial charge in [0.2, 0.25) is 0 Å². The van der Waals surface area contributed by atoms with Crippen molar-refractivity contribution in [2.24, 2.45) is 0 Å². The second-order valence-electron chi connectivity index (χ2n) is 5.09. The third-order valence-electron chi connectivity index (χ3n) is 3.78. The van der Waals surface area contributed by atoms with Crippen molar-refractivity contribution in [2.75, 3.05) is 13.1 Å². The van der Waals surface area contributed by atoms with Crippen molar-refractivity contribution < 1.29 is 4.39 Å². The summed E-state index contributed by atoms with van der Waals surface area (Å²) in [4.78, 5) is 4.74. The number of fused-ring (bicyclic) bond motifs is 1. The summed E-state index contributed by atoms with van der Waals surface area (Å²) in [5.74, 6) is -0.174. The van der Waals surface area contributed by atoms with E-state index in [0.29, 0.717) is 0 Å². The molecular weight excluding hydrogens is 247 g/mol. The quantitative estimate of drug-likeness (QED) is 0.918. The molecule has 1 atom stereocenters. The zero-order valence-corrected chi connectivity index (χ0v) is 11.3. The lowest BCUT2D eigenvalue weighted by molar-refractivity contribution is 0.426. The van der Waals surface area contributed by atoms with E-state index < -0.39 is 0 Å². The SMILES string of the molecule is CCCC1(c2nc3ccc(F)cc3s2)CCNC1. The van der Waals surface area contributed by atoms with Gasteiger partial charge in [-0.1, -0.05) is 13.3 Å². The van der Waals surface area contributed by atoms with E-state index in [2.05, 4.69) is 12.2 Å². The predicted octanol–water partition coefficient (Wildman–Crippen LogP) is 3.47. The Morgan fingerprint density at radius 3 is 3.11 bits per heavy atom. The van der Waals surface area contributed by atoms with Gasteiger partial charge in [-0.3, -0.25) is 0 Å². The summed E-state index contributed by atoms with van der Waals surface area (Å²) >= 11 is 1.66. The number of aromatic nitrogens is 1. The van der Waals surface area contributed by atoms with Crippen molar-refractivity contribution in [3.05, 3.63) is 29.0 Å². The largest absolute Gasteiger partial charge is 0.316 e. The molecule has 96 valence electrons. The third kappa shape index (κ3) is 1.93. The smallest absolute Gasteiger partial charge is 0.124 e. The first-order chi connectivity index (χ1) is 8.73. The van der Waals surface area contributed by atoms with Gasteiger partial charge in [-0.25, -0.2) is 9.37 Å². The number of hydrogen-bond acceptors (Lipinski definition) is 3. The Labute approximate surface area is 110 Å². The summed E-state index contributed by atoms with van der Waals surface area (Å²) in [5.41, 5.74) is 1.10. The molecule has 2 aromatic rings. The fourth-order valence-electron chi connectivity index (χ4n) is 2.85. The molecule has 0 spiro atoms. The standard InChI is InChI=1S/C14H17FN2S/c1-2-5-14(6-7-16-9-14)13-17-11-4-3-10(15)8-12(11)18-13/h3-4,8,16H,2,5-7,9H2,1H3. The highest BCUT2D eigenvalue weighted by molar-refractivity contribution is 7.18. The number of halogens is 1. The molecule has 1 fully saturated rings. The van der Waals surface area contributed by atoms with E-state index in [1.165, 1.54) is 11.1 Å². The van der Waals surface area contributed by atoms with Crippen LogP contribution in [-0.2, 0) is 5.41 Å². The lowest BCUT2D eigenvalue weighted by Crippen LogP contribution is -2.28. The van der Waals surface area contributed by atoms with Gasteiger partial charge in [0.15, 0.2) is 0 Å². The van der Waals surface area contributed by atoms with Crippen molar-refractivity contribution in [3.63, 3.8) is 0 Å². The Morgan fingerprint density at radius 2 is 2.39 bits per heavy atom. The van der Waals surface area contributed by atoms with Gasteiger partial charge in [0.05, 0.1) is 10.2 Å². The van der Waals surface area contributed by atoms with Crippen LogP contribution in [0.4, 0.5) is 4.39 Å². The predicted molar refractivity (Wildman–Crippen MR) is 73.7 cm³/mol. The van der Waals surface area contributed by atoms with Crippen LogP contribution < -0.4 is 5.32 Å². The van der Waals surface area contributed by atoms with Crippen molar-refractivity contribution in [3.8, 4) is 0 Å². The van der Waals surface area contributed by atoms with Gasteiger partial charge in [0, 0.05) is 12.0 Å². The first kappa shape index (κ1) is 12.1. The highest BCUT2D eigenvalue weighted by Gasteiger charge is 2.37. The van der Waals surface area contributed by atoms with Gasteiger partial charge in [-0.15, -0.1) is 11.3 Å². The van der Waals surface area contributed by atoms with Crippen LogP contribution in [0.3, 0.4) is 0 Å². The van der Waals surface area contributed by atoms with Gasteiger partial charge in [0.25, 0.3) is 0 Å². The van der Waals surface area contributed by atoms with Crippen molar-refractivity contribution in [1.82, 2.24) is 10.3 Å². The molecular formula is C14H17FN2S. The second kappa shape index (κ2) is 4.59. The minimum absolute atomic E-state index is 0.174. The van der Waals surface area contributed by atoms with E-state index in [1.54, 1.807) is 23.5 Å². The first-order valence-electron chi connectivity index (χ1n) is 6.51. The number of nitrogens with one attached hydrogen (secondary N) is 1. The molecule has 1 aromatic heterocycles. The summed E-state index contributed by atoms with van der Waals surface area (Å²) in [7, 11) is 0. The molecule has 1 aliphatic heterocycles. The van der Waals surface area contributed by atoms with E-state index in [-0.39, 0.29) is 11.2 Å². The molecule has 4 heteroatoms. The fourth-order valence-corrected chi connectivity index (χ4v) is 4.09. The van der Waals surface area contributed by atoms with Crippen LogP contribution in [0.15, 0.2) is 18.2 Å². The molecule has 3 rings (SSSR count). The summed E-state index contributed by atoms with van der Waals surface area (Å²) in [6.07, 6.45) is 3.46. The van der Waals surface area contributed by atoms with Crippen molar-refractivity contribution >= 4 is 21.6 Å². The highest BCUT2D eigenvalue weighted by atomic mass is 32.1. The summed E-state index contributed by atoms with van der Waals surface area (Å²) in [6.45, 7) is 4.28. The molecule has 18 heavy (non-hydrogen) atoms. The molecule has 2 nitrogen and oxygen atoms in total. The van der Waals surface area contributed by atoms with Gasteiger partial charge in [-0.05, 0) is 37.6 Å². The molecule has 0 saturated carbocycles. The van der Waals surface area contributed by atoms with Gasteiger partial charge in [-0.2, -0.15) is 0 Å². The topological polar surface area (TPSA) is 24.9 Å².